The smallest absolute Gasteiger partial charge is 0.274 e. The number of carbonyl (C=O) groups excluding carboxylic acids is 2. The SMILES string of the molecule is N#Cc1ccc(NC(=O)c2ccnc(C(=O)Nc3ccc(F)c(Cl)c3)c2)cc1. The van der Waals surface area contributed by atoms with Crippen LogP contribution in [0.15, 0.2) is 60.8 Å². The maximum absolute atomic E-state index is 13.2. The zero-order chi connectivity index (χ0) is 20.1. The first-order valence-corrected chi connectivity index (χ1v) is 8.38. The van der Waals surface area contributed by atoms with E-state index >= 15 is 0 Å². The third-order valence-corrected chi connectivity index (χ3v) is 3.99. The molecule has 8 heteroatoms. The van der Waals surface area contributed by atoms with E-state index < -0.39 is 17.6 Å². The number of nitrogens with zero attached hydrogens (tertiary/aromatic N) is 2. The summed E-state index contributed by atoms with van der Waals surface area (Å²) in [6.45, 7) is 0. The van der Waals surface area contributed by atoms with Gasteiger partial charge >= 0.3 is 0 Å². The number of amides is 2. The summed E-state index contributed by atoms with van der Waals surface area (Å²) >= 11 is 5.69. The van der Waals surface area contributed by atoms with Crippen LogP contribution in [-0.4, -0.2) is 16.8 Å². The number of nitriles is 1. The molecule has 1 heterocycles. The van der Waals surface area contributed by atoms with Gasteiger partial charge in [0.25, 0.3) is 11.8 Å². The monoisotopic (exact) mass is 394 g/mol. The number of pyridine rings is 1. The molecule has 0 aliphatic rings. The highest BCUT2D eigenvalue weighted by atomic mass is 35.5. The van der Waals surface area contributed by atoms with Gasteiger partial charge in [0.15, 0.2) is 0 Å². The van der Waals surface area contributed by atoms with E-state index in [1.807, 2.05) is 6.07 Å². The Morgan fingerprint density at radius 1 is 0.964 bits per heavy atom. The van der Waals surface area contributed by atoms with Gasteiger partial charge in [-0.15, -0.1) is 0 Å². The molecule has 2 amide bonds. The molecule has 0 aliphatic carbocycles. The third kappa shape index (κ3) is 4.50. The van der Waals surface area contributed by atoms with E-state index in [9.17, 15) is 14.0 Å². The Labute approximate surface area is 164 Å². The molecule has 138 valence electrons. The predicted octanol–water partition coefficient (Wildman–Crippen LogP) is 4.25. The fourth-order valence-electron chi connectivity index (χ4n) is 2.30. The van der Waals surface area contributed by atoms with E-state index in [1.165, 1.54) is 30.5 Å². The molecule has 0 saturated carbocycles. The average Bonchev–Trinajstić information content (AvgIpc) is 2.71. The number of aromatic nitrogens is 1. The maximum atomic E-state index is 13.2. The van der Waals surface area contributed by atoms with Gasteiger partial charge in [0, 0.05) is 23.1 Å². The van der Waals surface area contributed by atoms with E-state index in [0.717, 1.165) is 6.07 Å². The normalized spacial score (nSPS) is 10.0. The zero-order valence-electron chi connectivity index (χ0n) is 14.2. The number of benzene rings is 2. The second-order valence-corrected chi connectivity index (χ2v) is 6.06. The highest BCUT2D eigenvalue weighted by Gasteiger charge is 2.13. The molecule has 1 aromatic heterocycles. The summed E-state index contributed by atoms with van der Waals surface area (Å²) in [6, 6.07) is 14.9. The number of anilines is 2. The Kier molecular flexibility index (Phi) is 5.63. The van der Waals surface area contributed by atoms with E-state index in [-0.39, 0.29) is 16.3 Å². The lowest BCUT2D eigenvalue weighted by Crippen LogP contribution is -2.17. The van der Waals surface area contributed by atoms with Gasteiger partial charge in [-0.05, 0) is 54.6 Å². The Balaban J connectivity index is 1.73. The van der Waals surface area contributed by atoms with Gasteiger partial charge in [-0.1, -0.05) is 11.6 Å². The van der Waals surface area contributed by atoms with Crippen LogP contribution in [0.1, 0.15) is 26.4 Å². The third-order valence-electron chi connectivity index (χ3n) is 3.70. The molecule has 3 rings (SSSR count). The lowest BCUT2D eigenvalue weighted by Gasteiger charge is -2.08. The number of carbonyl (C=O) groups is 2. The van der Waals surface area contributed by atoms with Crippen molar-refractivity contribution < 1.29 is 14.0 Å². The molecule has 0 spiro atoms. The van der Waals surface area contributed by atoms with Crippen molar-refractivity contribution in [1.82, 2.24) is 4.98 Å². The summed E-state index contributed by atoms with van der Waals surface area (Å²) in [5.41, 5.74) is 1.51. The second kappa shape index (κ2) is 8.29. The number of hydrogen-bond acceptors (Lipinski definition) is 4. The van der Waals surface area contributed by atoms with E-state index in [0.29, 0.717) is 16.9 Å². The van der Waals surface area contributed by atoms with Crippen molar-refractivity contribution in [2.24, 2.45) is 0 Å². The molecule has 0 saturated heterocycles. The van der Waals surface area contributed by atoms with Crippen molar-refractivity contribution in [3.05, 3.63) is 88.5 Å². The van der Waals surface area contributed by atoms with Crippen LogP contribution >= 0.6 is 11.6 Å². The number of halogens is 2. The lowest BCUT2D eigenvalue weighted by molar-refractivity contribution is 0.102. The van der Waals surface area contributed by atoms with Gasteiger partial charge in [-0.2, -0.15) is 5.26 Å². The average molecular weight is 395 g/mol. The van der Waals surface area contributed by atoms with Gasteiger partial charge in [-0.25, -0.2) is 4.39 Å². The standard InChI is InChI=1S/C20H12ClFN4O2/c21-16-10-15(5-6-17(16)22)26-20(28)18-9-13(7-8-24-18)19(27)25-14-3-1-12(11-23)2-4-14/h1-10H,(H,25,27)(H,26,28). The summed E-state index contributed by atoms with van der Waals surface area (Å²) in [5, 5.41) is 13.9. The van der Waals surface area contributed by atoms with Gasteiger partial charge in [0.2, 0.25) is 0 Å². The molecule has 0 fully saturated rings. The minimum atomic E-state index is -0.598. The topological polar surface area (TPSA) is 94.9 Å². The highest BCUT2D eigenvalue weighted by molar-refractivity contribution is 6.31. The fourth-order valence-corrected chi connectivity index (χ4v) is 2.48. The van der Waals surface area contributed by atoms with Crippen molar-refractivity contribution in [2.75, 3.05) is 10.6 Å². The van der Waals surface area contributed by atoms with Gasteiger partial charge < -0.3 is 10.6 Å². The summed E-state index contributed by atoms with van der Waals surface area (Å²) in [7, 11) is 0. The molecule has 0 aliphatic heterocycles. The molecule has 2 aromatic carbocycles. The summed E-state index contributed by atoms with van der Waals surface area (Å²) in [6.07, 6.45) is 1.33. The molecule has 3 aromatic rings. The zero-order valence-corrected chi connectivity index (χ0v) is 15.0. The molecular weight excluding hydrogens is 383 g/mol. The number of rotatable bonds is 4. The fraction of sp³-hybridized carbons (Fsp3) is 0. The Morgan fingerprint density at radius 3 is 2.32 bits per heavy atom. The molecule has 28 heavy (non-hydrogen) atoms. The molecule has 0 atom stereocenters. The molecule has 0 bridgehead atoms. The van der Waals surface area contributed by atoms with Crippen LogP contribution in [0.25, 0.3) is 0 Å². The van der Waals surface area contributed by atoms with Crippen molar-refractivity contribution >= 4 is 34.8 Å². The van der Waals surface area contributed by atoms with Crippen LogP contribution < -0.4 is 10.6 Å². The van der Waals surface area contributed by atoms with E-state index in [2.05, 4.69) is 15.6 Å². The molecular formula is C20H12ClFN4O2. The Morgan fingerprint density at radius 2 is 1.64 bits per heavy atom. The van der Waals surface area contributed by atoms with Crippen LogP contribution in [0.5, 0.6) is 0 Å². The second-order valence-electron chi connectivity index (χ2n) is 5.66. The first-order chi connectivity index (χ1) is 13.5. The quantitative estimate of drug-likeness (QED) is 0.691. The van der Waals surface area contributed by atoms with Crippen molar-refractivity contribution in [2.45, 2.75) is 0 Å². The van der Waals surface area contributed by atoms with Crippen LogP contribution in [-0.2, 0) is 0 Å². The van der Waals surface area contributed by atoms with Gasteiger partial charge in [0.05, 0.1) is 16.7 Å². The minimum absolute atomic E-state index is 0.00734. The van der Waals surface area contributed by atoms with Crippen molar-refractivity contribution in [3.8, 4) is 6.07 Å². The summed E-state index contributed by atoms with van der Waals surface area (Å²) < 4.78 is 13.2. The highest BCUT2D eigenvalue weighted by Crippen LogP contribution is 2.20. The predicted molar refractivity (Wildman–Crippen MR) is 103 cm³/mol. The van der Waals surface area contributed by atoms with Crippen LogP contribution in [0.2, 0.25) is 5.02 Å². The molecule has 0 radical (unpaired) electrons. The maximum Gasteiger partial charge on any atom is 0.274 e. The Bertz CT molecular complexity index is 1090. The van der Waals surface area contributed by atoms with Crippen molar-refractivity contribution in [1.29, 1.82) is 5.26 Å². The largest absolute Gasteiger partial charge is 0.322 e. The van der Waals surface area contributed by atoms with Gasteiger partial charge in [0.1, 0.15) is 11.5 Å². The first kappa shape index (κ1) is 19.0. The first-order valence-electron chi connectivity index (χ1n) is 8.00. The summed E-state index contributed by atoms with van der Waals surface area (Å²) in [4.78, 5) is 28.7. The summed E-state index contributed by atoms with van der Waals surface area (Å²) in [5.74, 6) is -1.61. The minimum Gasteiger partial charge on any atom is -0.322 e. The van der Waals surface area contributed by atoms with Crippen LogP contribution in [0, 0.1) is 17.1 Å². The number of nitrogens with one attached hydrogen (secondary N) is 2. The van der Waals surface area contributed by atoms with Crippen molar-refractivity contribution in [3.63, 3.8) is 0 Å². The van der Waals surface area contributed by atoms with Gasteiger partial charge in [-0.3, -0.25) is 14.6 Å². The van der Waals surface area contributed by atoms with Crippen LogP contribution in [0.4, 0.5) is 15.8 Å². The molecule has 2 N–H and O–H groups in total. The molecule has 0 unspecified atom stereocenters. The Hall–Kier alpha value is -3.76. The van der Waals surface area contributed by atoms with E-state index in [4.69, 9.17) is 16.9 Å². The van der Waals surface area contributed by atoms with E-state index in [1.54, 1.807) is 24.3 Å². The lowest BCUT2D eigenvalue weighted by atomic mass is 10.2. The molecule has 6 nitrogen and oxygen atoms in total. The van der Waals surface area contributed by atoms with Crippen LogP contribution in [0.3, 0.4) is 0 Å². The number of hydrogen-bond donors (Lipinski definition) is 2.